The molecule has 0 spiro atoms. The number of anilines is 1. The molecule has 2 aliphatic rings. The fraction of sp³-hybridized carbons (Fsp3) is 0.474. The van der Waals surface area contributed by atoms with E-state index in [1.165, 1.54) is 0 Å². The molecule has 0 aliphatic carbocycles. The number of nitrogens with one attached hydrogen (secondary N) is 2. The highest BCUT2D eigenvalue weighted by Crippen LogP contribution is 2.27. The molecule has 2 N–H and O–H groups in total. The first-order valence-electron chi connectivity index (χ1n) is 8.92. The van der Waals surface area contributed by atoms with Crippen LogP contribution < -0.4 is 20.5 Å². The van der Waals surface area contributed by atoms with Crippen LogP contribution in [-0.4, -0.2) is 42.3 Å². The second kappa shape index (κ2) is 6.52. The molecule has 0 radical (unpaired) electrons. The summed E-state index contributed by atoms with van der Waals surface area (Å²) in [4.78, 5) is 22.1. The van der Waals surface area contributed by atoms with E-state index in [4.69, 9.17) is 9.72 Å². The van der Waals surface area contributed by atoms with Crippen LogP contribution in [0.1, 0.15) is 22.4 Å². The number of H-pyrrole nitrogens is 1. The molecule has 0 bridgehead atoms. The number of benzene rings is 1. The van der Waals surface area contributed by atoms with E-state index in [1.54, 1.807) is 0 Å². The lowest BCUT2D eigenvalue weighted by Crippen LogP contribution is -2.55. The van der Waals surface area contributed by atoms with Crippen molar-refractivity contribution in [3.05, 3.63) is 50.9 Å². The maximum absolute atomic E-state index is 12.4. The minimum absolute atomic E-state index is 0.00261. The second-order valence-corrected chi connectivity index (χ2v) is 6.93. The number of para-hydroxylation sites is 1. The standard InChI is InChI=1S/C19H24N4O2/c1-12-4-3-5-13(2)17(12)25-14-10-23(11-14)19-21-16-7-9-20-8-6-15(16)18(24)22-19/h3-5,14,20H,6-11H2,1-2H3,(H,21,22,24). The zero-order chi connectivity index (χ0) is 17.4. The largest absolute Gasteiger partial charge is 0.486 e. The minimum atomic E-state index is 0.00261. The van der Waals surface area contributed by atoms with Crippen molar-refractivity contribution in [2.45, 2.75) is 32.8 Å². The van der Waals surface area contributed by atoms with E-state index in [2.05, 4.69) is 41.2 Å². The molecule has 6 nitrogen and oxygen atoms in total. The third-order valence-electron chi connectivity index (χ3n) is 5.02. The fourth-order valence-electron chi connectivity index (χ4n) is 3.53. The summed E-state index contributed by atoms with van der Waals surface area (Å²) < 4.78 is 6.16. The molecule has 0 unspecified atom stereocenters. The normalized spacial score (nSPS) is 17.6. The molecular weight excluding hydrogens is 316 g/mol. The number of aromatic nitrogens is 2. The summed E-state index contributed by atoms with van der Waals surface area (Å²) >= 11 is 0. The Kier molecular flexibility index (Phi) is 4.21. The summed E-state index contributed by atoms with van der Waals surface area (Å²) in [6.07, 6.45) is 1.68. The van der Waals surface area contributed by atoms with E-state index in [0.29, 0.717) is 5.95 Å². The number of hydrogen-bond acceptors (Lipinski definition) is 5. The first-order chi connectivity index (χ1) is 12.1. The zero-order valence-corrected chi connectivity index (χ0v) is 14.8. The maximum Gasteiger partial charge on any atom is 0.255 e. The van der Waals surface area contributed by atoms with Gasteiger partial charge in [0.25, 0.3) is 5.56 Å². The Bertz CT molecular complexity index is 820. The minimum Gasteiger partial charge on any atom is -0.486 e. The molecule has 132 valence electrons. The molecular formula is C19H24N4O2. The highest BCUT2D eigenvalue weighted by molar-refractivity contribution is 5.42. The lowest BCUT2D eigenvalue weighted by Gasteiger charge is -2.39. The Morgan fingerprint density at radius 2 is 1.88 bits per heavy atom. The summed E-state index contributed by atoms with van der Waals surface area (Å²) in [5.74, 6) is 1.65. The van der Waals surface area contributed by atoms with Gasteiger partial charge in [-0.15, -0.1) is 0 Å². The number of aryl methyl sites for hydroxylation is 2. The Morgan fingerprint density at radius 3 is 2.64 bits per heavy atom. The second-order valence-electron chi connectivity index (χ2n) is 6.93. The van der Waals surface area contributed by atoms with Crippen LogP contribution >= 0.6 is 0 Å². The number of aromatic amines is 1. The molecule has 25 heavy (non-hydrogen) atoms. The summed E-state index contributed by atoms with van der Waals surface area (Å²) in [6, 6.07) is 6.18. The van der Waals surface area contributed by atoms with Crippen LogP contribution in [-0.2, 0) is 12.8 Å². The first-order valence-corrected chi connectivity index (χ1v) is 8.92. The Morgan fingerprint density at radius 1 is 1.16 bits per heavy atom. The lowest BCUT2D eigenvalue weighted by molar-refractivity contribution is 0.164. The van der Waals surface area contributed by atoms with Gasteiger partial charge in [0.2, 0.25) is 5.95 Å². The summed E-state index contributed by atoms with van der Waals surface area (Å²) in [5, 5.41) is 3.32. The number of ether oxygens (including phenoxy) is 1. The average molecular weight is 340 g/mol. The van der Waals surface area contributed by atoms with Gasteiger partial charge in [-0.2, -0.15) is 0 Å². The molecule has 0 saturated carbocycles. The van der Waals surface area contributed by atoms with Crippen LogP contribution in [0.25, 0.3) is 0 Å². The number of fused-ring (bicyclic) bond motifs is 1. The van der Waals surface area contributed by atoms with Gasteiger partial charge in [0.15, 0.2) is 0 Å². The van der Waals surface area contributed by atoms with Crippen LogP contribution in [0.3, 0.4) is 0 Å². The van der Waals surface area contributed by atoms with Crippen LogP contribution in [0.4, 0.5) is 5.95 Å². The molecule has 4 rings (SSSR count). The third-order valence-corrected chi connectivity index (χ3v) is 5.02. The zero-order valence-electron chi connectivity index (χ0n) is 14.8. The smallest absolute Gasteiger partial charge is 0.255 e. The van der Waals surface area contributed by atoms with Crippen molar-refractivity contribution in [2.75, 3.05) is 31.1 Å². The molecule has 0 atom stereocenters. The summed E-state index contributed by atoms with van der Waals surface area (Å²) in [5.41, 5.74) is 4.08. The van der Waals surface area contributed by atoms with Crippen molar-refractivity contribution >= 4 is 5.95 Å². The van der Waals surface area contributed by atoms with E-state index in [1.807, 2.05) is 6.07 Å². The predicted molar refractivity (Wildman–Crippen MR) is 97.7 cm³/mol. The van der Waals surface area contributed by atoms with Gasteiger partial charge in [0.1, 0.15) is 11.9 Å². The van der Waals surface area contributed by atoms with Gasteiger partial charge in [0, 0.05) is 18.5 Å². The topological polar surface area (TPSA) is 70.2 Å². The number of hydrogen-bond donors (Lipinski definition) is 2. The number of rotatable bonds is 3. The molecule has 2 aliphatic heterocycles. The number of nitrogens with zero attached hydrogens (tertiary/aromatic N) is 2. The monoisotopic (exact) mass is 340 g/mol. The van der Waals surface area contributed by atoms with Crippen molar-refractivity contribution in [1.29, 1.82) is 0 Å². The fourth-order valence-corrected chi connectivity index (χ4v) is 3.53. The SMILES string of the molecule is Cc1cccc(C)c1OC1CN(c2nc3c(c(=O)[nH]2)CCNCC3)C1. The Labute approximate surface area is 147 Å². The molecule has 1 aromatic heterocycles. The molecule has 1 saturated heterocycles. The van der Waals surface area contributed by atoms with E-state index >= 15 is 0 Å². The summed E-state index contributed by atoms with van der Waals surface area (Å²) in [7, 11) is 0. The van der Waals surface area contributed by atoms with Gasteiger partial charge in [-0.1, -0.05) is 18.2 Å². The molecule has 1 fully saturated rings. The van der Waals surface area contributed by atoms with Gasteiger partial charge < -0.3 is 15.0 Å². The van der Waals surface area contributed by atoms with Crippen molar-refractivity contribution < 1.29 is 4.74 Å². The Balaban J connectivity index is 1.47. The average Bonchev–Trinajstić information content (AvgIpc) is 2.78. The lowest BCUT2D eigenvalue weighted by atomic mass is 10.1. The molecule has 0 amide bonds. The molecule has 3 heterocycles. The van der Waals surface area contributed by atoms with E-state index in [9.17, 15) is 4.79 Å². The van der Waals surface area contributed by atoms with Gasteiger partial charge >= 0.3 is 0 Å². The first kappa shape index (κ1) is 16.1. The van der Waals surface area contributed by atoms with Crippen LogP contribution in [0.5, 0.6) is 5.75 Å². The van der Waals surface area contributed by atoms with E-state index in [-0.39, 0.29) is 11.7 Å². The van der Waals surface area contributed by atoms with Crippen molar-refractivity contribution in [2.24, 2.45) is 0 Å². The highest BCUT2D eigenvalue weighted by Gasteiger charge is 2.31. The van der Waals surface area contributed by atoms with Crippen molar-refractivity contribution in [3.63, 3.8) is 0 Å². The summed E-state index contributed by atoms with van der Waals surface area (Å²) in [6.45, 7) is 7.34. The molecule has 2 aromatic rings. The van der Waals surface area contributed by atoms with Gasteiger partial charge in [-0.25, -0.2) is 4.98 Å². The molecule has 1 aromatic carbocycles. The third kappa shape index (κ3) is 3.14. The van der Waals surface area contributed by atoms with Crippen molar-refractivity contribution in [3.8, 4) is 5.75 Å². The van der Waals surface area contributed by atoms with Crippen LogP contribution in [0.15, 0.2) is 23.0 Å². The predicted octanol–water partition coefficient (Wildman–Crippen LogP) is 1.34. The molecule has 6 heteroatoms. The van der Waals surface area contributed by atoms with Gasteiger partial charge in [0.05, 0.1) is 18.8 Å². The highest BCUT2D eigenvalue weighted by atomic mass is 16.5. The van der Waals surface area contributed by atoms with E-state index in [0.717, 1.165) is 67.2 Å². The van der Waals surface area contributed by atoms with Crippen LogP contribution in [0.2, 0.25) is 0 Å². The van der Waals surface area contributed by atoms with Gasteiger partial charge in [-0.05, 0) is 37.9 Å². The Hall–Kier alpha value is -2.34. The van der Waals surface area contributed by atoms with Crippen LogP contribution in [0, 0.1) is 13.8 Å². The van der Waals surface area contributed by atoms with Gasteiger partial charge in [-0.3, -0.25) is 9.78 Å². The maximum atomic E-state index is 12.4. The van der Waals surface area contributed by atoms with E-state index < -0.39 is 0 Å². The quantitative estimate of drug-likeness (QED) is 0.882. The van der Waals surface area contributed by atoms with Crippen molar-refractivity contribution in [1.82, 2.24) is 15.3 Å².